The average Bonchev–Trinajstić information content (AvgIpc) is 2.45. The molecular formula is C12H13N3O4. The van der Waals surface area contributed by atoms with Crippen molar-refractivity contribution in [3.8, 4) is 0 Å². The number of nitrogens with one attached hydrogen (secondary N) is 2. The summed E-state index contributed by atoms with van der Waals surface area (Å²) in [6.07, 6.45) is 1.31. The molecule has 0 atom stereocenters. The molecule has 0 aliphatic heterocycles. The number of methoxy groups -OCH3 is 1. The quantitative estimate of drug-likeness (QED) is 0.461. The van der Waals surface area contributed by atoms with Gasteiger partial charge in [0.2, 0.25) is 6.08 Å². The summed E-state index contributed by atoms with van der Waals surface area (Å²) in [4.78, 5) is 35.4. The lowest BCUT2D eigenvalue weighted by molar-refractivity contribution is 0.0600. The van der Waals surface area contributed by atoms with Crippen molar-refractivity contribution in [3.05, 3.63) is 35.4 Å². The van der Waals surface area contributed by atoms with Gasteiger partial charge in [0, 0.05) is 6.54 Å². The molecule has 0 aliphatic carbocycles. The fraction of sp³-hybridized carbons (Fsp3) is 0.250. The smallest absolute Gasteiger partial charge is 0.337 e. The molecule has 2 N–H and O–H groups in total. The third kappa shape index (κ3) is 5.01. The number of urea groups is 1. The van der Waals surface area contributed by atoms with E-state index in [4.69, 9.17) is 0 Å². The van der Waals surface area contributed by atoms with Crippen molar-refractivity contribution in [1.29, 1.82) is 0 Å². The first-order valence-corrected chi connectivity index (χ1v) is 5.40. The zero-order valence-corrected chi connectivity index (χ0v) is 10.3. The van der Waals surface area contributed by atoms with Gasteiger partial charge in [0.05, 0.1) is 12.7 Å². The summed E-state index contributed by atoms with van der Waals surface area (Å²) in [5.41, 5.74) is 1.26. The molecule has 0 fully saturated rings. The van der Waals surface area contributed by atoms with Gasteiger partial charge in [-0.15, -0.1) is 0 Å². The zero-order valence-electron chi connectivity index (χ0n) is 10.3. The summed E-state index contributed by atoms with van der Waals surface area (Å²) in [7, 11) is 1.31. The van der Waals surface area contributed by atoms with Crippen LogP contribution in [0.1, 0.15) is 15.9 Å². The lowest BCUT2D eigenvalue weighted by Gasteiger charge is -2.06. The van der Waals surface area contributed by atoms with E-state index in [1.165, 1.54) is 13.2 Å². The number of carbonyl (C=O) groups excluding carboxylic acids is 3. The van der Waals surface area contributed by atoms with Crippen LogP contribution in [0, 0.1) is 0 Å². The predicted molar refractivity (Wildman–Crippen MR) is 66.1 cm³/mol. The van der Waals surface area contributed by atoms with Crippen LogP contribution in [0.5, 0.6) is 0 Å². The van der Waals surface area contributed by atoms with Gasteiger partial charge in [0.25, 0.3) is 0 Å². The first-order chi connectivity index (χ1) is 9.17. The fourth-order valence-electron chi connectivity index (χ4n) is 1.26. The Morgan fingerprint density at radius 2 is 1.95 bits per heavy atom. The number of amides is 2. The number of hydrogen-bond donors (Lipinski definition) is 2. The van der Waals surface area contributed by atoms with Gasteiger partial charge in [-0.2, -0.15) is 4.99 Å². The van der Waals surface area contributed by atoms with E-state index in [0.29, 0.717) is 5.56 Å². The van der Waals surface area contributed by atoms with Crippen molar-refractivity contribution in [3.63, 3.8) is 0 Å². The standard InChI is InChI=1S/C12H13N3O4/c1-19-11(17)10-4-2-9(3-5-10)6-14-12(18)15-7-13-8-16/h2-5H,6-7H2,1H3,(H2,14,15,18). The van der Waals surface area contributed by atoms with Crippen LogP contribution in [0.25, 0.3) is 0 Å². The van der Waals surface area contributed by atoms with Crippen molar-refractivity contribution in [2.24, 2.45) is 4.99 Å². The normalized spacial score (nSPS) is 9.11. The highest BCUT2D eigenvalue weighted by Crippen LogP contribution is 2.05. The summed E-state index contributed by atoms with van der Waals surface area (Å²) in [5, 5.41) is 4.90. The Hall–Kier alpha value is -2.66. The number of esters is 1. The number of nitrogens with zero attached hydrogens (tertiary/aromatic N) is 1. The minimum absolute atomic E-state index is 0.114. The van der Waals surface area contributed by atoms with Gasteiger partial charge in [0.15, 0.2) is 0 Å². The maximum absolute atomic E-state index is 11.2. The molecule has 0 saturated heterocycles. The van der Waals surface area contributed by atoms with Gasteiger partial charge < -0.3 is 15.4 Å². The maximum atomic E-state index is 11.2. The predicted octanol–water partition coefficient (Wildman–Crippen LogP) is 0.566. The molecular weight excluding hydrogens is 250 g/mol. The Bertz CT molecular complexity index is 492. The van der Waals surface area contributed by atoms with Gasteiger partial charge in [-0.3, -0.25) is 0 Å². The minimum Gasteiger partial charge on any atom is -0.465 e. The summed E-state index contributed by atoms with van der Waals surface area (Å²) in [5.74, 6) is -0.413. The number of hydrogen-bond acceptors (Lipinski definition) is 5. The third-order valence-electron chi connectivity index (χ3n) is 2.21. The summed E-state index contributed by atoms with van der Waals surface area (Å²) < 4.78 is 4.57. The molecule has 0 radical (unpaired) electrons. The third-order valence-corrected chi connectivity index (χ3v) is 2.21. The Morgan fingerprint density at radius 3 is 2.53 bits per heavy atom. The highest BCUT2D eigenvalue weighted by molar-refractivity contribution is 5.89. The van der Waals surface area contributed by atoms with Crippen LogP contribution >= 0.6 is 0 Å². The van der Waals surface area contributed by atoms with Crippen molar-refractivity contribution >= 4 is 18.1 Å². The summed E-state index contributed by atoms with van der Waals surface area (Å²) in [6.45, 7) is 0.175. The van der Waals surface area contributed by atoms with Gasteiger partial charge in [-0.05, 0) is 17.7 Å². The maximum Gasteiger partial charge on any atom is 0.337 e. The number of aliphatic imine (C=N–C) groups is 1. The molecule has 100 valence electrons. The van der Waals surface area contributed by atoms with Crippen LogP contribution in [0.3, 0.4) is 0 Å². The molecule has 7 nitrogen and oxygen atoms in total. The SMILES string of the molecule is COC(=O)c1ccc(CNC(=O)NCN=C=O)cc1. The van der Waals surface area contributed by atoms with Crippen molar-refractivity contribution in [1.82, 2.24) is 10.6 Å². The van der Waals surface area contributed by atoms with E-state index in [9.17, 15) is 14.4 Å². The number of ether oxygens (including phenoxy) is 1. The van der Waals surface area contributed by atoms with E-state index >= 15 is 0 Å². The van der Waals surface area contributed by atoms with E-state index < -0.39 is 12.0 Å². The monoisotopic (exact) mass is 263 g/mol. The lowest BCUT2D eigenvalue weighted by Crippen LogP contribution is -2.35. The molecule has 7 heteroatoms. The van der Waals surface area contributed by atoms with Crippen LogP contribution in [0.4, 0.5) is 4.79 Å². The van der Waals surface area contributed by atoms with Crippen LogP contribution in [0.15, 0.2) is 29.3 Å². The van der Waals surface area contributed by atoms with Crippen molar-refractivity contribution < 1.29 is 19.1 Å². The van der Waals surface area contributed by atoms with Crippen molar-refractivity contribution in [2.75, 3.05) is 13.8 Å². The van der Waals surface area contributed by atoms with Crippen LogP contribution < -0.4 is 10.6 Å². The number of rotatable bonds is 5. The first-order valence-electron chi connectivity index (χ1n) is 5.40. The van der Waals surface area contributed by atoms with Gasteiger partial charge in [-0.1, -0.05) is 12.1 Å². The first kappa shape index (κ1) is 14.4. The Labute approximate surface area is 109 Å². The van der Waals surface area contributed by atoms with Crippen LogP contribution in [0.2, 0.25) is 0 Å². The van der Waals surface area contributed by atoms with E-state index in [1.54, 1.807) is 24.3 Å². The number of carbonyl (C=O) groups is 2. The summed E-state index contributed by atoms with van der Waals surface area (Å²) >= 11 is 0. The number of isocyanates is 1. The molecule has 0 unspecified atom stereocenters. The highest BCUT2D eigenvalue weighted by Gasteiger charge is 2.04. The minimum atomic E-state index is -0.448. The second-order valence-electron chi connectivity index (χ2n) is 3.46. The van der Waals surface area contributed by atoms with E-state index in [-0.39, 0.29) is 13.2 Å². The molecule has 0 heterocycles. The fourth-order valence-corrected chi connectivity index (χ4v) is 1.26. The van der Waals surface area contributed by atoms with E-state index in [1.807, 2.05) is 0 Å². The van der Waals surface area contributed by atoms with Gasteiger partial charge >= 0.3 is 12.0 Å². The van der Waals surface area contributed by atoms with E-state index in [2.05, 4.69) is 20.4 Å². The molecule has 0 spiro atoms. The molecule has 1 aromatic rings. The van der Waals surface area contributed by atoms with Crippen molar-refractivity contribution in [2.45, 2.75) is 6.54 Å². The molecule has 0 bridgehead atoms. The number of benzene rings is 1. The summed E-state index contributed by atoms with van der Waals surface area (Å²) in [6, 6.07) is 6.18. The molecule has 2 amide bonds. The van der Waals surface area contributed by atoms with Crippen LogP contribution in [-0.4, -0.2) is 31.9 Å². The second kappa shape index (κ2) is 7.62. The molecule has 1 aromatic carbocycles. The van der Waals surface area contributed by atoms with Gasteiger partial charge in [0.1, 0.15) is 6.67 Å². The van der Waals surface area contributed by atoms with E-state index in [0.717, 1.165) is 5.56 Å². The van der Waals surface area contributed by atoms with Gasteiger partial charge in [-0.25, -0.2) is 14.4 Å². The Morgan fingerprint density at radius 1 is 1.26 bits per heavy atom. The molecule has 0 saturated carbocycles. The Balaban J connectivity index is 2.43. The molecule has 0 aromatic heterocycles. The zero-order chi connectivity index (χ0) is 14.1. The average molecular weight is 263 g/mol. The largest absolute Gasteiger partial charge is 0.465 e. The van der Waals surface area contributed by atoms with Crippen LogP contribution in [-0.2, 0) is 16.1 Å². The molecule has 1 rings (SSSR count). The molecule has 19 heavy (non-hydrogen) atoms. The Kier molecular flexibility index (Phi) is 5.78. The topological polar surface area (TPSA) is 96.9 Å². The lowest BCUT2D eigenvalue weighted by atomic mass is 10.1. The molecule has 0 aliphatic rings. The second-order valence-corrected chi connectivity index (χ2v) is 3.46. The highest BCUT2D eigenvalue weighted by atomic mass is 16.5.